The molecule has 0 fully saturated rings. The Morgan fingerprint density at radius 2 is 1.62 bits per heavy atom. The molecule has 53 heavy (non-hydrogen) atoms. The molecule has 3 aromatic rings. The van der Waals surface area contributed by atoms with Crippen LogP contribution in [0.4, 0.5) is 16.3 Å². The molecule has 0 aliphatic heterocycles. The molecule has 6 N–H and O–H groups in total. The summed E-state index contributed by atoms with van der Waals surface area (Å²) in [5.74, 6) is -1.14. The number of rotatable bonds is 17. The van der Waals surface area contributed by atoms with E-state index in [1.165, 1.54) is 24.4 Å². The van der Waals surface area contributed by atoms with E-state index in [0.717, 1.165) is 25.7 Å². The lowest BCUT2D eigenvalue weighted by atomic mass is 9.88. The van der Waals surface area contributed by atoms with Gasteiger partial charge in [0.15, 0.2) is 21.3 Å². The molecule has 16 heteroatoms. The number of ether oxygens (including phenoxy) is 1. The summed E-state index contributed by atoms with van der Waals surface area (Å²) in [6.45, 7) is 14.9. The Bertz CT molecular complexity index is 1770. The number of amides is 2. The van der Waals surface area contributed by atoms with Crippen LogP contribution < -0.4 is 16.4 Å². The van der Waals surface area contributed by atoms with E-state index >= 15 is 0 Å². The van der Waals surface area contributed by atoms with Gasteiger partial charge in [-0.3, -0.25) is 4.79 Å². The molecule has 0 aliphatic carbocycles. The van der Waals surface area contributed by atoms with Crippen LogP contribution in [-0.4, -0.2) is 63.2 Å². The number of aromatic hydroxyl groups is 1. The number of sulfone groups is 1. The number of hydrogen-bond acceptors (Lipinski definition) is 11. The maximum Gasteiger partial charge on any atom is 0.407 e. The average Bonchev–Trinajstić information content (AvgIpc) is 3.08. The number of nitrogens with one attached hydrogen (secondary N) is 2. The Morgan fingerprint density at radius 1 is 0.981 bits per heavy atom. The quantitative estimate of drug-likeness (QED) is 0.0377. The molecular weight excluding hydrogens is 832 g/mol. The maximum atomic E-state index is 13.9. The highest BCUT2D eigenvalue weighted by Gasteiger charge is 2.42. The highest BCUT2D eigenvalue weighted by Crippen LogP contribution is 2.42. The number of carbonyl (C=O) groups is 2. The molecule has 294 valence electrons. The summed E-state index contributed by atoms with van der Waals surface area (Å²) < 4.78 is 38.0. The zero-order valence-corrected chi connectivity index (χ0v) is 35.9. The summed E-state index contributed by atoms with van der Waals surface area (Å²) >= 11 is 2.16. The molecule has 1 heterocycles. The molecule has 2 unspecified atom stereocenters. The summed E-state index contributed by atoms with van der Waals surface area (Å²) in [5.41, 5.74) is 5.67. The Hall–Kier alpha value is -3.11. The second-order valence-corrected chi connectivity index (χ2v) is 18.4. The van der Waals surface area contributed by atoms with Gasteiger partial charge in [-0.2, -0.15) is 0 Å². The van der Waals surface area contributed by atoms with Crippen LogP contribution in [0.3, 0.4) is 0 Å². The Balaban J connectivity index is 0.00000477. The van der Waals surface area contributed by atoms with Crippen LogP contribution in [0.25, 0.3) is 11.3 Å². The number of hydrogen-bond donors (Lipinski definition) is 5. The van der Waals surface area contributed by atoms with Crippen molar-refractivity contribution < 1.29 is 37.5 Å². The molecule has 0 bridgehead atoms. The third-order valence-corrected chi connectivity index (χ3v) is 11.8. The van der Waals surface area contributed by atoms with Crippen LogP contribution >= 0.6 is 28.5 Å². The van der Waals surface area contributed by atoms with E-state index in [1.807, 2.05) is 20.8 Å². The van der Waals surface area contributed by atoms with Gasteiger partial charge in [-0.05, 0) is 101 Å². The monoisotopic (exact) mass is 887 g/mol. The maximum absolute atomic E-state index is 13.9. The van der Waals surface area contributed by atoms with Crippen molar-refractivity contribution in [2.45, 2.75) is 121 Å². The SMILES string of the molecule is CC.CC(C)(C)OC(=O)NCc1cccc(NC(=O)c2nc(-c3ccc(S(=O)(=O)C(C)(C)CC(C)(CCCCCCO)OPI)cc3)cnc2N)c1O. The first-order chi connectivity index (χ1) is 24.8. The molecular formula is C37H55IN5O8PS. The highest BCUT2D eigenvalue weighted by atomic mass is 127. The highest BCUT2D eigenvalue weighted by molar-refractivity contribution is 14.2. The van der Waals surface area contributed by atoms with E-state index in [1.54, 1.807) is 58.9 Å². The first kappa shape index (κ1) is 46.0. The van der Waals surface area contributed by atoms with Crippen molar-refractivity contribution in [2.75, 3.05) is 17.7 Å². The Morgan fingerprint density at radius 3 is 2.23 bits per heavy atom. The lowest BCUT2D eigenvalue weighted by Crippen LogP contribution is -2.41. The molecule has 2 aromatic carbocycles. The van der Waals surface area contributed by atoms with E-state index in [0.29, 0.717) is 24.0 Å². The van der Waals surface area contributed by atoms with Crippen LogP contribution in [0.5, 0.6) is 5.75 Å². The van der Waals surface area contributed by atoms with Gasteiger partial charge in [0.05, 0.1) is 39.3 Å². The number of anilines is 2. The Labute approximate surface area is 328 Å². The number of carbonyl (C=O) groups excluding carboxylic acids is 2. The number of unbranched alkanes of at least 4 members (excludes halogenated alkanes) is 3. The zero-order chi connectivity index (χ0) is 40.0. The lowest BCUT2D eigenvalue weighted by Gasteiger charge is -2.36. The predicted molar refractivity (Wildman–Crippen MR) is 220 cm³/mol. The number of aliphatic hydroxyl groups excluding tert-OH is 1. The first-order valence-corrected chi connectivity index (χ1v) is 23.0. The number of phenolic OH excluding ortho intramolecular Hbond substituents is 1. The molecule has 0 aliphatic rings. The topological polar surface area (TPSA) is 203 Å². The summed E-state index contributed by atoms with van der Waals surface area (Å²) in [6, 6.07) is 10.9. The van der Waals surface area contributed by atoms with Gasteiger partial charge in [-0.1, -0.05) is 57.4 Å². The normalized spacial score (nSPS) is 13.2. The molecule has 3 rings (SSSR count). The number of benzene rings is 2. The predicted octanol–water partition coefficient (Wildman–Crippen LogP) is 8.34. The average molecular weight is 888 g/mol. The van der Waals surface area contributed by atoms with Crippen molar-refractivity contribution in [3.8, 4) is 17.0 Å². The minimum Gasteiger partial charge on any atom is -0.505 e. The number of alkyl carbamates (subject to hydrolysis) is 1. The van der Waals surface area contributed by atoms with Gasteiger partial charge >= 0.3 is 6.09 Å². The van der Waals surface area contributed by atoms with Crippen molar-refractivity contribution in [1.29, 1.82) is 0 Å². The zero-order valence-electron chi connectivity index (χ0n) is 31.9. The molecule has 0 saturated heterocycles. The number of phenols is 1. The standard InChI is InChI=1S/C35H49IN5O8PS.C2H6/c1-33(2,3)48-32(45)39-20-24-12-11-13-26(29(24)43)41-31(44)28-30(37)38-21-27(40-28)23-14-16-25(17-15-23)51(46,47)34(4,5)22-35(6,49-50-36)18-9-7-8-10-19-42;1-2/h11-17,21,42-43,50H,7-10,18-20,22H2,1-6H3,(H2,37,38)(H,39,45)(H,41,44);1-2H3. The number of aromatic nitrogens is 2. The van der Waals surface area contributed by atoms with Gasteiger partial charge < -0.3 is 35.8 Å². The third kappa shape index (κ3) is 13.6. The minimum absolute atomic E-state index is 0.0528. The van der Waals surface area contributed by atoms with Gasteiger partial charge in [-0.15, -0.1) is 0 Å². The minimum atomic E-state index is -3.80. The third-order valence-electron chi connectivity index (χ3n) is 8.09. The van der Waals surface area contributed by atoms with Gasteiger partial charge in [0.25, 0.3) is 5.91 Å². The number of nitrogens with two attached hydrogens (primary N) is 1. The molecule has 0 radical (unpaired) electrons. The van der Waals surface area contributed by atoms with Gasteiger partial charge in [-0.25, -0.2) is 23.2 Å². The fourth-order valence-electron chi connectivity index (χ4n) is 5.55. The van der Waals surface area contributed by atoms with Gasteiger partial charge in [0.2, 0.25) is 0 Å². The van der Waals surface area contributed by atoms with Gasteiger partial charge in [0, 0.05) is 24.3 Å². The fraction of sp³-hybridized carbons (Fsp3) is 0.514. The van der Waals surface area contributed by atoms with E-state index in [9.17, 15) is 23.1 Å². The van der Waals surface area contributed by atoms with Crippen LogP contribution in [0.1, 0.15) is 110 Å². The Kier molecular flexibility index (Phi) is 17.8. The van der Waals surface area contributed by atoms with Crippen molar-refractivity contribution >= 4 is 61.8 Å². The summed E-state index contributed by atoms with van der Waals surface area (Å²) in [4.78, 5) is 34.0. The summed E-state index contributed by atoms with van der Waals surface area (Å²) in [7, 11) is -3.80. The van der Waals surface area contributed by atoms with E-state index < -0.39 is 37.8 Å². The molecule has 0 spiro atoms. The van der Waals surface area contributed by atoms with E-state index in [2.05, 4.69) is 42.6 Å². The van der Waals surface area contributed by atoms with E-state index in [-0.39, 0.29) is 53.1 Å². The van der Waals surface area contributed by atoms with Gasteiger partial charge in [0.1, 0.15) is 11.4 Å². The summed E-state index contributed by atoms with van der Waals surface area (Å²) in [5, 5.41) is 25.0. The molecule has 1 aromatic heterocycles. The van der Waals surface area contributed by atoms with Crippen LogP contribution in [0.2, 0.25) is 0 Å². The van der Waals surface area contributed by atoms with Crippen LogP contribution in [-0.2, 0) is 25.6 Å². The molecule has 0 saturated carbocycles. The number of para-hydroxylation sites is 1. The van der Waals surface area contributed by atoms with Crippen molar-refractivity contribution in [2.24, 2.45) is 0 Å². The number of aliphatic hydroxyl groups is 1. The van der Waals surface area contributed by atoms with Crippen molar-refractivity contribution in [3.05, 3.63) is 59.9 Å². The second kappa shape index (κ2) is 20.5. The summed E-state index contributed by atoms with van der Waals surface area (Å²) in [6.07, 6.45) is 5.17. The number of nitrogen functional groups attached to an aromatic ring is 1. The van der Waals surface area contributed by atoms with Crippen LogP contribution in [0.15, 0.2) is 53.6 Å². The largest absolute Gasteiger partial charge is 0.505 e. The second-order valence-electron chi connectivity index (χ2n) is 14.1. The molecule has 13 nitrogen and oxygen atoms in total. The first-order valence-electron chi connectivity index (χ1n) is 17.5. The van der Waals surface area contributed by atoms with Crippen LogP contribution in [0, 0.1) is 0 Å². The lowest BCUT2D eigenvalue weighted by molar-refractivity contribution is 0.0523. The fourth-order valence-corrected chi connectivity index (χ4v) is 9.14. The smallest absolute Gasteiger partial charge is 0.407 e. The molecule has 2 atom stereocenters. The van der Waals surface area contributed by atoms with Crippen molar-refractivity contribution in [1.82, 2.24) is 15.3 Å². The number of halogens is 1. The van der Waals surface area contributed by atoms with Crippen molar-refractivity contribution in [3.63, 3.8) is 0 Å². The molecule has 2 amide bonds. The number of nitrogens with zero attached hydrogens (tertiary/aromatic N) is 2. The van der Waals surface area contributed by atoms with E-state index in [4.69, 9.17) is 20.1 Å².